The van der Waals surface area contributed by atoms with Gasteiger partial charge in [-0.05, 0) is 38.0 Å². The van der Waals surface area contributed by atoms with E-state index in [0.717, 1.165) is 12.0 Å². The number of nitrogens with zero attached hydrogens (tertiary/aromatic N) is 2. The highest BCUT2D eigenvalue weighted by molar-refractivity contribution is 5.96. The highest BCUT2D eigenvalue weighted by Gasteiger charge is 2.25. The lowest BCUT2D eigenvalue weighted by molar-refractivity contribution is 0.0752. The van der Waals surface area contributed by atoms with Gasteiger partial charge in [-0.25, -0.2) is 4.79 Å². The topological polar surface area (TPSA) is 68.3 Å². The van der Waals surface area contributed by atoms with E-state index >= 15 is 0 Å². The van der Waals surface area contributed by atoms with E-state index in [4.69, 9.17) is 14.2 Å². The Kier molecular flexibility index (Phi) is 6.50. The predicted molar refractivity (Wildman–Crippen MR) is 93.4 cm³/mol. The van der Waals surface area contributed by atoms with Crippen LogP contribution in [0.5, 0.6) is 11.5 Å². The molecule has 7 nitrogen and oxygen atoms in total. The van der Waals surface area contributed by atoms with Crippen LogP contribution in [-0.4, -0.2) is 68.8 Å². The van der Waals surface area contributed by atoms with Gasteiger partial charge >= 0.3 is 6.09 Å². The van der Waals surface area contributed by atoms with Crippen LogP contribution >= 0.6 is 0 Å². The zero-order chi connectivity index (χ0) is 18.4. The van der Waals surface area contributed by atoms with Crippen molar-refractivity contribution in [3.8, 4) is 11.5 Å². The minimum Gasteiger partial charge on any atom is -0.493 e. The fourth-order valence-corrected chi connectivity index (χ4v) is 2.90. The summed E-state index contributed by atoms with van der Waals surface area (Å²) in [5.41, 5.74) is 1.41. The molecule has 1 fully saturated rings. The minimum absolute atomic E-state index is 0.0656. The number of benzene rings is 1. The Morgan fingerprint density at radius 1 is 1.00 bits per heavy atom. The van der Waals surface area contributed by atoms with Crippen LogP contribution in [0.15, 0.2) is 12.1 Å². The van der Waals surface area contributed by atoms with Gasteiger partial charge in [0.1, 0.15) is 0 Å². The predicted octanol–water partition coefficient (Wildman–Crippen LogP) is 2.32. The molecule has 1 aromatic carbocycles. The van der Waals surface area contributed by atoms with Crippen molar-refractivity contribution in [1.82, 2.24) is 9.80 Å². The van der Waals surface area contributed by atoms with E-state index in [1.807, 2.05) is 6.92 Å². The molecule has 0 aliphatic carbocycles. The maximum absolute atomic E-state index is 12.9. The van der Waals surface area contributed by atoms with Crippen molar-refractivity contribution in [2.45, 2.75) is 20.3 Å². The fraction of sp³-hybridized carbons (Fsp3) is 0.556. The van der Waals surface area contributed by atoms with E-state index in [1.54, 1.807) is 43.1 Å². The second-order valence-electron chi connectivity index (χ2n) is 5.85. The van der Waals surface area contributed by atoms with Crippen LogP contribution in [0, 0.1) is 6.92 Å². The Bertz CT molecular complexity index is 632. The van der Waals surface area contributed by atoms with Gasteiger partial charge in [-0.2, -0.15) is 0 Å². The lowest BCUT2D eigenvalue weighted by Gasteiger charge is -2.23. The molecule has 0 aromatic heterocycles. The molecule has 138 valence electrons. The first-order chi connectivity index (χ1) is 12.0. The van der Waals surface area contributed by atoms with Crippen molar-refractivity contribution < 1.29 is 23.8 Å². The zero-order valence-electron chi connectivity index (χ0n) is 15.3. The number of ether oxygens (including phenoxy) is 3. The molecule has 25 heavy (non-hydrogen) atoms. The number of hydrogen-bond donors (Lipinski definition) is 0. The van der Waals surface area contributed by atoms with Gasteiger partial charge in [0.25, 0.3) is 5.91 Å². The molecule has 1 aliphatic rings. The van der Waals surface area contributed by atoms with Crippen molar-refractivity contribution >= 4 is 12.0 Å². The number of carbonyl (C=O) groups is 2. The van der Waals surface area contributed by atoms with Crippen molar-refractivity contribution in [3.05, 3.63) is 23.3 Å². The van der Waals surface area contributed by atoms with Gasteiger partial charge in [0.15, 0.2) is 11.5 Å². The molecule has 0 N–H and O–H groups in total. The maximum Gasteiger partial charge on any atom is 0.409 e. The molecule has 2 rings (SSSR count). The van der Waals surface area contributed by atoms with Crippen molar-refractivity contribution in [2.24, 2.45) is 0 Å². The van der Waals surface area contributed by atoms with Gasteiger partial charge in [-0.3, -0.25) is 4.79 Å². The van der Waals surface area contributed by atoms with Crippen molar-refractivity contribution in [2.75, 3.05) is 47.0 Å². The third kappa shape index (κ3) is 4.35. The molecule has 1 saturated heterocycles. The zero-order valence-corrected chi connectivity index (χ0v) is 15.3. The monoisotopic (exact) mass is 350 g/mol. The summed E-state index contributed by atoms with van der Waals surface area (Å²) in [4.78, 5) is 28.2. The molecule has 0 atom stereocenters. The van der Waals surface area contributed by atoms with Crippen molar-refractivity contribution in [3.63, 3.8) is 0 Å². The Hall–Kier alpha value is -2.44. The first-order valence-corrected chi connectivity index (χ1v) is 8.45. The molecule has 1 aromatic rings. The highest BCUT2D eigenvalue weighted by atomic mass is 16.6. The van der Waals surface area contributed by atoms with E-state index in [-0.39, 0.29) is 12.0 Å². The Morgan fingerprint density at radius 2 is 1.60 bits per heavy atom. The summed E-state index contributed by atoms with van der Waals surface area (Å²) in [7, 11) is 3.11. The molecule has 0 radical (unpaired) electrons. The van der Waals surface area contributed by atoms with Crippen LogP contribution in [0.1, 0.15) is 29.3 Å². The van der Waals surface area contributed by atoms with Crippen LogP contribution in [-0.2, 0) is 4.74 Å². The minimum atomic E-state index is -0.320. The number of rotatable bonds is 4. The Labute approximate surface area is 148 Å². The van der Waals surface area contributed by atoms with Crippen molar-refractivity contribution in [1.29, 1.82) is 0 Å². The van der Waals surface area contributed by atoms with Crippen LogP contribution in [0.2, 0.25) is 0 Å². The van der Waals surface area contributed by atoms with Crippen LogP contribution in [0.3, 0.4) is 0 Å². The number of carbonyl (C=O) groups excluding carboxylic acids is 2. The van der Waals surface area contributed by atoms with Gasteiger partial charge in [-0.1, -0.05) is 0 Å². The molecular formula is C18H26N2O5. The molecule has 0 unspecified atom stereocenters. The summed E-state index contributed by atoms with van der Waals surface area (Å²) >= 11 is 0. The molecule has 1 aliphatic heterocycles. The van der Waals surface area contributed by atoms with Crippen LogP contribution in [0.25, 0.3) is 0 Å². The number of aryl methyl sites for hydroxylation is 1. The lowest BCUT2D eigenvalue weighted by Crippen LogP contribution is -2.37. The van der Waals surface area contributed by atoms with Gasteiger partial charge in [-0.15, -0.1) is 0 Å². The molecule has 0 bridgehead atoms. The molecule has 7 heteroatoms. The largest absolute Gasteiger partial charge is 0.493 e. The van der Waals surface area contributed by atoms with E-state index in [0.29, 0.717) is 49.8 Å². The summed E-state index contributed by atoms with van der Waals surface area (Å²) in [6.07, 6.45) is 0.399. The second-order valence-corrected chi connectivity index (χ2v) is 5.85. The Morgan fingerprint density at radius 3 is 2.24 bits per heavy atom. The molecule has 2 amide bonds. The first kappa shape index (κ1) is 18.9. The van der Waals surface area contributed by atoms with Gasteiger partial charge in [0.2, 0.25) is 0 Å². The number of methoxy groups -OCH3 is 2. The normalized spacial score (nSPS) is 14.7. The van der Waals surface area contributed by atoms with Gasteiger partial charge in [0.05, 0.1) is 20.8 Å². The van der Waals surface area contributed by atoms with Crippen LogP contribution < -0.4 is 9.47 Å². The number of hydrogen-bond acceptors (Lipinski definition) is 5. The molecule has 0 saturated carbocycles. The Balaban J connectivity index is 2.14. The first-order valence-electron chi connectivity index (χ1n) is 8.45. The van der Waals surface area contributed by atoms with Gasteiger partial charge in [0, 0.05) is 31.7 Å². The average Bonchev–Trinajstić information content (AvgIpc) is 2.87. The second kappa shape index (κ2) is 8.60. The lowest BCUT2D eigenvalue weighted by atomic mass is 10.1. The highest BCUT2D eigenvalue weighted by Crippen LogP contribution is 2.31. The maximum atomic E-state index is 12.9. The summed E-state index contributed by atoms with van der Waals surface area (Å²) in [6, 6.07) is 3.51. The third-order valence-corrected chi connectivity index (χ3v) is 4.27. The molecule has 0 spiro atoms. The standard InChI is InChI=1S/C18H26N2O5/c1-5-25-18(22)20-8-6-7-19(9-10-20)17(21)14-12-16(24-4)15(23-3)11-13(14)2/h11-12H,5-10H2,1-4H3. The van der Waals surface area contributed by atoms with Gasteiger partial charge < -0.3 is 24.0 Å². The van der Waals surface area contributed by atoms with E-state index in [9.17, 15) is 9.59 Å². The summed E-state index contributed by atoms with van der Waals surface area (Å²) in [6.45, 7) is 6.14. The van der Waals surface area contributed by atoms with E-state index in [1.165, 1.54) is 0 Å². The third-order valence-electron chi connectivity index (χ3n) is 4.27. The molecule has 1 heterocycles. The smallest absolute Gasteiger partial charge is 0.409 e. The van der Waals surface area contributed by atoms with E-state index in [2.05, 4.69) is 0 Å². The SMILES string of the molecule is CCOC(=O)N1CCCN(C(=O)c2cc(OC)c(OC)cc2C)CC1. The quantitative estimate of drug-likeness (QED) is 0.834. The number of amides is 2. The van der Waals surface area contributed by atoms with E-state index < -0.39 is 0 Å². The fourth-order valence-electron chi connectivity index (χ4n) is 2.90. The summed E-state index contributed by atoms with van der Waals surface area (Å²) in [5.74, 6) is 1.06. The average molecular weight is 350 g/mol. The summed E-state index contributed by atoms with van der Waals surface area (Å²) < 4.78 is 15.6. The van der Waals surface area contributed by atoms with Crippen LogP contribution in [0.4, 0.5) is 4.79 Å². The molecular weight excluding hydrogens is 324 g/mol. The summed E-state index contributed by atoms with van der Waals surface area (Å²) in [5, 5.41) is 0.